The lowest BCUT2D eigenvalue weighted by Gasteiger charge is -2.15. The van der Waals surface area contributed by atoms with Crippen LogP contribution in [0, 0.1) is 0 Å². The number of anilines is 1. The van der Waals surface area contributed by atoms with Crippen molar-refractivity contribution in [2.75, 3.05) is 25.1 Å². The third kappa shape index (κ3) is 6.91. The summed E-state index contributed by atoms with van der Waals surface area (Å²) in [5.41, 5.74) is 0.812. The van der Waals surface area contributed by atoms with E-state index < -0.39 is 12.8 Å². The van der Waals surface area contributed by atoms with Crippen molar-refractivity contribution in [2.45, 2.75) is 26.1 Å². The molecule has 1 N–H and O–H groups in total. The monoisotopic (exact) mass is 277 g/mol. The molecule has 0 saturated heterocycles. The maximum absolute atomic E-state index is 12.0. The predicted octanol–water partition coefficient (Wildman–Crippen LogP) is 3.46. The number of halogens is 3. The normalized spacial score (nSPS) is 13.1. The molecule has 19 heavy (non-hydrogen) atoms. The molecular weight excluding hydrogens is 259 g/mol. The molecule has 0 aliphatic carbocycles. The number of benzene rings is 1. The largest absolute Gasteiger partial charge is 0.484 e. The molecule has 108 valence electrons. The van der Waals surface area contributed by atoms with Gasteiger partial charge in [-0.1, -0.05) is 0 Å². The van der Waals surface area contributed by atoms with E-state index in [0.717, 1.165) is 5.69 Å². The summed E-state index contributed by atoms with van der Waals surface area (Å²) in [7, 11) is 0. The molecule has 6 heteroatoms. The lowest BCUT2D eigenvalue weighted by molar-refractivity contribution is -0.153. The molecule has 0 aliphatic heterocycles. The summed E-state index contributed by atoms with van der Waals surface area (Å²) in [4.78, 5) is 0. The Balaban J connectivity index is 2.43. The van der Waals surface area contributed by atoms with E-state index in [1.807, 2.05) is 13.8 Å². The first-order valence-corrected chi connectivity index (χ1v) is 6.04. The smallest absolute Gasteiger partial charge is 0.422 e. The lowest BCUT2D eigenvalue weighted by atomic mass is 10.2. The average Bonchev–Trinajstić information content (AvgIpc) is 2.34. The van der Waals surface area contributed by atoms with Gasteiger partial charge in [0.25, 0.3) is 0 Å². The van der Waals surface area contributed by atoms with Gasteiger partial charge in [0, 0.05) is 18.3 Å². The second-order valence-electron chi connectivity index (χ2n) is 4.13. The average molecular weight is 277 g/mol. The van der Waals surface area contributed by atoms with E-state index in [2.05, 4.69) is 10.1 Å². The molecule has 0 bridgehead atoms. The first-order valence-electron chi connectivity index (χ1n) is 6.04. The van der Waals surface area contributed by atoms with Gasteiger partial charge in [0.2, 0.25) is 0 Å². The van der Waals surface area contributed by atoms with Crippen molar-refractivity contribution in [3.63, 3.8) is 0 Å². The lowest BCUT2D eigenvalue weighted by Crippen LogP contribution is -2.21. The molecule has 0 fully saturated rings. The highest BCUT2D eigenvalue weighted by Crippen LogP contribution is 2.20. The molecule has 1 rings (SSSR count). The van der Waals surface area contributed by atoms with Gasteiger partial charge in [0.15, 0.2) is 6.61 Å². The Kier molecular flexibility index (Phi) is 5.95. The minimum absolute atomic E-state index is 0.127. The predicted molar refractivity (Wildman–Crippen MR) is 67.6 cm³/mol. The van der Waals surface area contributed by atoms with Crippen LogP contribution in [0.2, 0.25) is 0 Å². The zero-order valence-corrected chi connectivity index (χ0v) is 11.0. The summed E-state index contributed by atoms with van der Waals surface area (Å²) in [5, 5.41) is 3.17. The standard InChI is InChI=1S/C13H18F3NO2/c1-3-18-8-10(2)17-11-4-6-12(7-5-11)19-9-13(14,15)16/h4-7,10,17H,3,8-9H2,1-2H3. The molecule has 0 aliphatic rings. The van der Waals surface area contributed by atoms with E-state index in [4.69, 9.17) is 4.74 Å². The summed E-state index contributed by atoms with van der Waals surface area (Å²) in [6, 6.07) is 6.48. The van der Waals surface area contributed by atoms with Crippen LogP contribution in [0.1, 0.15) is 13.8 Å². The van der Waals surface area contributed by atoms with Gasteiger partial charge in [-0.05, 0) is 38.1 Å². The first kappa shape index (κ1) is 15.6. The van der Waals surface area contributed by atoms with Gasteiger partial charge in [0.1, 0.15) is 5.75 Å². The number of rotatable bonds is 7. The fourth-order valence-electron chi connectivity index (χ4n) is 1.43. The molecular formula is C13H18F3NO2. The zero-order chi connectivity index (χ0) is 14.3. The first-order chi connectivity index (χ1) is 8.90. The van der Waals surface area contributed by atoms with Crippen LogP contribution in [0.15, 0.2) is 24.3 Å². The van der Waals surface area contributed by atoms with Crippen LogP contribution in [0.25, 0.3) is 0 Å². The summed E-state index contributed by atoms with van der Waals surface area (Å²) in [5.74, 6) is 0.195. The molecule has 0 saturated carbocycles. The van der Waals surface area contributed by atoms with Gasteiger partial charge in [-0.25, -0.2) is 0 Å². The van der Waals surface area contributed by atoms with Crippen LogP contribution in [0.5, 0.6) is 5.75 Å². The van der Waals surface area contributed by atoms with Crippen molar-refractivity contribution in [3.05, 3.63) is 24.3 Å². The second-order valence-corrected chi connectivity index (χ2v) is 4.13. The summed E-state index contributed by atoms with van der Waals surface area (Å²) >= 11 is 0. The van der Waals surface area contributed by atoms with Crippen LogP contribution in [0.3, 0.4) is 0 Å². The van der Waals surface area contributed by atoms with Gasteiger partial charge in [-0.3, -0.25) is 0 Å². The maximum atomic E-state index is 12.0. The Hall–Kier alpha value is -1.43. The van der Waals surface area contributed by atoms with Crippen LogP contribution in [0.4, 0.5) is 18.9 Å². The van der Waals surface area contributed by atoms with E-state index in [-0.39, 0.29) is 11.8 Å². The number of ether oxygens (including phenoxy) is 2. The van der Waals surface area contributed by atoms with Gasteiger partial charge in [0.05, 0.1) is 6.61 Å². The Bertz CT molecular complexity index is 365. The van der Waals surface area contributed by atoms with E-state index in [9.17, 15) is 13.2 Å². The Morgan fingerprint density at radius 2 is 1.84 bits per heavy atom. The molecule has 3 nitrogen and oxygen atoms in total. The molecule has 1 unspecified atom stereocenters. The van der Waals surface area contributed by atoms with Crippen molar-refractivity contribution >= 4 is 5.69 Å². The number of hydrogen-bond acceptors (Lipinski definition) is 3. The van der Waals surface area contributed by atoms with Crippen LogP contribution < -0.4 is 10.1 Å². The van der Waals surface area contributed by atoms with E-state index in [1.165, 1.54) is 12.1 Å². The van der Waals surface area contributed by atoms with Crippen molar-refractivity contribution in [3.8, 4) is 5.75 Å². The topological polar surface area (TPSA) is 30.5 Å². The minimum atomic E-state index is -4.32. The summed E-state index contributed by atoms with van der Waals surface area (Å²) in [6.07, 6.45) is -4.32. The minimum Gasteiger partial charge on any atom is -0.484 e. The van der Waals surface area contributed by atoms with Gasteiger partial charge in [-0.2, -0.15) is 13.2 Å². The highest BCUT2D eigenvalue weighted by molar-refractivity contribution is 5.46. The van der Waals surface area contributed by atoms with Crippen molar-refractivity contribution in [1.82, 2.24) is 0 Å². The Morgan fingerprint density at radius 1 is 1.21 bits per heavy atom. The van der Waals surface area contributed by atoms with Crippen molar-refractivity contribution in [1.29, 1.82) is 0 Å². The number of alkyl halides is 3. The zero-order valence-electron chi connectivity index (χ0n) is 11.0. The third-order valence-corrected chi connectivity index (χ3v) is 2.24. The van der Waals surface area contributed by atoms with Crippen LogP contribution in [-0.4, -0.2) is 32.0 Å². The van der Waals surface area contributed by atoms with Crippen LogP contribution >= 0.6 is 0 Å². The Morgan fingerprint density at radius 3 is 2.37 bits per heavy atom. The van der Waals surface area contributed by atoms with E-state index >= 15 is 0 Å². The highest BCUT2D eigenvalue weighted by Gasteiger charge is 2.28. The van der Waals surface area contributed by atoms with E-state index in [1.54, 1.807) is 12.1 Å². The SMILES string of the molecule is CCOCC(C)Nc1ccc(OCC(F)(F)F)cc1. The molecule has 0 amide bonds. The van der Waals surface area contributed by atoms with Crippen molar-refractivity contribution < 1.29 is 22.6 Å². The second kappa shape index (κ2) is 7.23. The molecule has 1 aromatic carbocycles. The molecule has 1 atom stereocenters. The van der Waals surface area contributed by atoms with Crippen molar-refractivity contribution in [2.24, 2.45) is 0 Å². The number of nitrogens with one attached hydrogen (secondary N) is 1. The number of hydrogen-bond donors (Lipinski definition) is 1. The van der Waals surface area contributed by atoms with Crippen LogP contribution in [-0.2, 0) is 4.74 Å². The van der Waals surface area contributed by atoms with Gasteiger partial charge >= 0.3 is 6.18 Å². The molecule has 1 aromatic rings. The summed E-state index contributed by atoms with van der Waals surface area (Å²) < 4.78 is 45.8. The molecule has 0 spiro atoms. The fraction of sp³-hybridized carbons (Fsp3) is 0.538. The molecule has 0 heterocycles. The van der Waals surface area contributed by atoms with E-state index in [0.29, 0.717) is 13.2 Å². The summed E-state index contributed by atoms with van der Waals surface area (Å²) in [6.45, 7) is 3.82. The highest BCUT2D eigenvalue weighted by atomic mass is 19.4. The maximum Gasteiger partial charge on any atom is 0.422 e. The van der Waals surface area contributed by atoms with Gasteiger partial charge < -0.3 is 14.8 Å². The van der Waals surface area contributed by atoms with Gasteiger partial charge in [-0.15, -0.1) is 0 Å². The molecule has 0 radical (unpaired) electrons. The molecule has 0 aromatic heterocycles. The Labute approximate surface area is 110 Å². The third-order valence-electron chi connectivity index (χ3n) is 2.24. The quantitative estimate of drug-likeness (QED) is 0.828. The fourth-order valence-corrected chi connectivity index (χ4v) is 1.43.